The number of nitrogens with zero attached hydrogens (tertiary/aromatic N) is 3. The number of nitro groups is 1. The molecule has 0 bridgehead atoms. The summed E-state index contributed by atoms with van der Waals surface area (Å²) in [5.41, 5.74) is -0.953. The largest absolute Gasteiger partial charge is 0.375 e. The number of benzene rings is 1. The van der Waals surface area contributed by atoms with E-state index >= 15 is 0 Å². The molecule has 0 radical (unpaired) electrons. The third-order valence-electron chi connectivity index (χ3n) is 2.63. The first kappa shape index (κ1) is 13.9. The van der Waals surface area contributed by atoms with Gasteiger partial charge in [0, 0.05) is 30.6 Å². The Kier molecular flexibility index (Phi) is 3.92. The Morgan fingerprint density at radius 1 is 1.50 bits per heavy atom. The van der Waals surface area contributed by atoms with Crippen molar-refractivity contribution in [3.05, 3.63) is 52.3 Å². The zero-order valence-electron chi connectivity index (χ0n) is 10.6. The Balaban J connectivity index is 2.21. The van der Waals surface area contributed by atoms with Crippen molar-refractivity contribution < 1.29 is 13.7 Å². The number of rotatable bonds is 5. The van der Waals surface area contributed by atoms with Crippen LogP contribution in [0.25, 0.3) is 0 Å². The van der Waals surface area contributed by atoms with E-state index < -0.39 is 22.2 Å². The Hall–Kier alpha value is -2.51. The number of hydrogen-bond donors (Lipinski definition) is 1. The lowest BCUT2D eigenvalue weighted by Crippen LogP contribution is -2.23. The molecule has 1 atom stereocenters. The van der Waals surface area contributed by atoms with E-state index in [1.807, 2.05) is 0 Å². The van der Waals surface area contributed by atoms with Gasteiger partial charge in [0.15, 0.2) is 0 Å². The summed E-state index contributed by atoms with van der Waals surface area (Å²) < 4.78 is 28.2. The second-order valence-corrected chi connectivity index (χ2v) is 4.31. The summed E-state index contributed by atoms with van der Waals surface area (Å²) >= 11 is 0. The van der Waals surface area contributed by atoms with Gasteiger partial charge in [-0.25, -0.2) is 4.39 Å². The van der Waals surface area contributed by atoms with Crippen molar-refractivity contribution in [2.24, 2.45) is 0 Å². The summed E-state index contributed by atoms with van der Waals surface area (Å²) in [6.07, 6.45) is 3.32. The minimum absolute atomic E-state index is 0.188. The molecule has 1 heterocycles. The van der Waals surface area contributed by atoms with Gasteiger partial charge in [-0.3, -0.25) is 14.8 Å². The summed E-state index contributed by atoms with van der Waals surface area (Å²) in [6, 6.07) is 2.83. The Morgan fingerprint density at radius 2 is 2.25 bits per heavy atom. The van der Waals surface area contributed by atoms with Crippen LogP contribution in [-0.2, 0) is 6.54 Å². The zero-order chi connectivity index (χ0) is 14.7. The molecule has 0 aliphatic heterocycles. The Bertz CT molecular complexity index is 616. The normalized spacial score (nSPS) is 12.2. The first-order valence-electron chi connectivity index (χ1n) is 5.84. The maximum absolute atomic E-state index is 13.5. The molecule has 0 fully saturated rings. The van der Waals surface area contributed by atoms with Gasteiger partial charge in [0.2, 0.25) is 5.82 Å². The fourth-order valence-electron chi connectivity index (χ4n) is 1.86. The molecule has 1 aromatic carbocycles. The van der Waals surface area contributed by atoms with Gasteiger partial charge in [-0.1, -0.05) is 0 Å². The maximum Gasteiger partial charge on any atom is 0.327 e. The molecule has 0 saturated heterocycles. The molecule has 20 heavy (non-hydrogen) atoms. The zero-order valence-corrected chi connectivity index (χ0v) is 10.6. The molecule has 1 aromatic heterocycles. The van der Waals surface area contributed by atoms with Crippen LogP contribution < -0.4 is 5.32 Å². The highest BCUT2D eigenvalue weighted by molar-refractivity contribution is 5.62. The summed E-state index contributed by atoms with van der Waals surface area (Å²) in [5.74, 6) is -2.08. The Morgan fingerprint density at radius 3 is 2.85 bits per heavy atom. The lowest BCUT2D eigenvalue weighted by molar-refractivity contribution is -0.386. The van der Waals surface area contributed by atoms with Gasteiger partial charge in [0.05, 0.1) is 11.5 Å². The third-order valence-corrected chi connectivity index (χ3v) is 2.63. The Labute approximate surface area is 113 Å². The van der Waals surface area contributed by atoms with Crippen LogP contribution in [0.4, 0.5) is 20.2 Å². The molecule has 2 rings (SSSR count). The number of hydrogen-bond acceptors (Lipinski definition) is 4. The number of aromatic nitrogens is 2. The van der Waals surface area contributed by atoms with Crippen LogP contribution in [-0.4, -0.2) is 20.7 Å². The van der Waals surface area contributed by atoms with Crippen molar-refractivity contribution in [1.82, 2.24) is 9.78 Å². The highest BCUT2D eigenvalue weighted by Crippen LogP contribution is 2.29. The van der Waals surface area contributed by atoms with Gasteiger partial charge in [-0.15, -0.1) is 0 Å². The van der Waals surface area contributed by atoms with E-state index in [-0.39, 0.29) is 11.7 Å². The molecule has 0 spiro atoms. The molecule has 1 unspecified atom stereocenters. The van der Waals surface area contributed by atoms with Crippen LogP contribution >= 0.6 is 0 Å². The van der Waals surface area contributed by atoms with Crippen molar-refractivity contribution in [3.63, 3.8) is 0 Å². The van der Waals surface area contributed by atoms with E-state index in [9.17, 15) is 18.9 Å². The number of halogens is 2. The summed E-state index contributed by atoms with van der Waals surface area (Å²) in [4.78, 5) is 9.96. The van der Waals surface area contributed by atoms with Crippen LogP contribution in [0.15, 0.2) is 30.6 Å². The highest BCUT2D eigenvalue weighted by Gasteiger charge is 2.23. The topological polar surface area (TPSA) is 73.0 Å². The second kappa shape index (κ2) is 5.64. The van der Waals surface area contributed by atoms with Gasteiger partial charge in [0.1, 0.15) is 11.5 Å². The van der Waals surface area contributed by atoms with Crippen molar-refractivity contribution in [1.29, 1.82) is 0 Å². The molecular weight excluding hydrogens is 270 g/mol. The average molecular weight is 282 g/mol. The first-order valence-corrected chi connectivity index (χ1v) is 5.84. The standard InChI is InChI=1S/C12H12F2N4O2/c1-8(7-17-4-2-3-15-17)16-11-6-9(13)5-10(14)12(11)18(19)20/h2-6,8,16H,7H2,1H3. The number of anilines is 1. The molecule has 0 aliphatic carbocycles. The minimum Gasteiger partial charge on any atom is -0.375 e. The van der Waals surface area contributed by atoms with Crippen molar-refractivity contribution in [2.75, 3.05) is 5.32 Å². The molecule has 6 nitrogen and oxygen atoms in total. The van der Waals surface area contributed by atoms with E-state index in [0.717, 1.165) is 6.07 Å². The molecule has 1 N–H and O–H groups in total. The molecule has 0 saturated carbocycles. The van der Waals surface area contributed by atoms with E-state index in [0.29, 0.717) is 12.6 Å². The van der Waals surface area contributed by atoms with E-state index in [1.54, 1.807) is 30.1 Å². The van der Waals surface area contributed by atoms with Gasteiger partial charge in [0.25, 0.3) is 0 Å². The molecule has 0 amide bonds. The van der Waals surface area contributed by atoms with Crippen molar-refractivity contribution in [2.45, 2.75) is 19.5 Å². The van der Waals surface area contributed by atoms with E-state index in [1.165, 1.54) is 0 Å². The summed E-state index contributed by atoms with van der Waals surface area (Å²) in [7, 11) is 0. The first-order chi connectivity index (χ1) is 9.47. The second-order valence-electron chi connectivity index (χ2n) is 4.31. The van der Waals surface area contributed by atoms with Crippen molar-refractivity contribution in [3.8, 4) is 0 Å². The predicted molar refractivity (Wildman–Crippen MR) is 68.3 cm³/mol. The molecule has 2 aromatic rings. The van der Waals surface area contributed by atoms with Crippen LogP contribution in [0.2, 0.25) is 0 Å². The quantitative estimate of drug-likeness (QED) is 0.675. The predicted octanol–water partition coefficient (Wildman–Crippen LogP) is 2.57. The van der Waals surface area contributed by atoms with Gasteiger partial charge >= 0.3 is 5.69 Å². The number of nitrogens with one attached hydrogen (secondary N) is 1. The van der Waals surface area contributed by atoms with Crippen LogP contribution in [0.1, 0.15) is 6.92 Å². The lowest BCUT2D eigenvalue weighted by Gasteiger charge is -2.15. The van der Waals surface area contributed by atoms with Gasteiger partial charge < -0.3 is 5.32 Å². The van der Waals surface area contributed by atoms with Crippen LogP contribution in [0.5, 0.6) is 0 Å². The van der Waals surface area contributed by atoms with E-state index in [2.05, 4.69) is 10.4 Å². The van der Waals surface area contributed by atoms with Crippen molar-refractivity contribution >= 4 is 11.4 Å². The highest BCUT2D eigenvalue weighted by atomic mass is 19.1. The molecule has 0 aliphatic rings. The molecular formula is C12H12F2N4O2. The maximum atomic E-state index is 13.5. The summed E-state index contributed by atoms with van der Waals surface area (Å²) in [5, 5.41) is 17.6. The fourth-order valence-corrected chi connectivity index (χ4v) is 1.86. The van der Waals surface area contributed by atoms with Gasteiger partial charge in [-0.05, 0) is 13.0 Å². The monoisotopic (exact) mass is 282 g/mol. The average Bonchev–Trinajstić information content (AvgIpc) is 2.79. The third kappa shape index (κ3) is 3.08. The minimum atomic E-state index is -1.20. The molecule has 106 valence electrons. The summed E-state index contributed by atoms with van der Waals surface area (Å²) in [6.45, 7) is 2.14. The SMILES string of the molecule is CC(Cn1cccn1)Nc1cc(F)cc(F)c1[N+](=O)[O-]. The van der Waals surface area contributed by atoms with Crippen LogP contribution in [0, 0.1) is 21.7 Å². The molecule has 8 heteroatoms. The van der Waals surface area contributed by atoms with Gasteiger partial charge in [-0.2, -0.15) is 9.49 Å². The lowest BCUT2D eigenvalue weighted by atomic mass is 10.2. The number of nitro benzene ring substituents is 1. The van der Waals surface area contributed by atoms with E-state index in [4.69, 9.17) is 0 Å². The smallest absolute Gasteiger partial charge is 0.327 e. The van der Waals surface area contributed by atoms with Crippen LogP contribution in [0.3, 0.4) is 0 Å². The fraction of sp³-hybridized carbons (Fsp3) is 0.250.